The Hall–Kier alpha value is 2.25. The first kappa shape index (κ1) is 33.9. The molecule has 0 aliphatic heterocycles. The third-order valence-electron chi connectivity index (χ3n) is 4.23. The van der Waals surface area contributed by atoms with Crippen molar-refractivity contribution >= 4 is 66.0 Å². The fraction of sp³-hybridized carbons (Fsp3) is 1.00. The Kier molecular flexibility index (Phi) is 16.2. The van der Waals surface area contributed by atoms with Crippen LogP contribution in [0.25, 0.3) is 0 Å². The van der Waals surface area contributed by atoms with E-state index in [1.807, 2.05) is 0 Å². The van der Waals surface area contributed by atoms with Crippen molar-refractivity contribution < 1.29 is 0 Å². The molecule has 4 radical (unpaired) electrons. The van der Waals surface area contributed by atoms with E-state index in [0.29, 0.717) is 13.7 Å². The fourth-order valence-electron chi connectivity index (χ4n) is 3.10. The van der Waals surface area contributed by atoms with Gasteiger partial charge in [0.1, 0.15) is 0 Å². The molecule has 0 amide bonds. The minimum Gasteiger partial charge on any atom is -0.0735 e. The summed E-state index contributed by atoms with van der Waals surface area (Å²) in [6, 6.07) is 0. The second-order valence-corrected chi connectivity index (χ2v) is 57.0. The Labute approximate surface area is 200 Å². The van der Waals surface area contributed by atoms with Gasteiger partial charge in [0.25, 0.3) is 0 Å². The zero-order valence-corrected chi connectivity index (χ0v) is 32.2. The Bertz CT molecular complexity index is 316. The Morgan fingerprint density at radius 1 is 0.444 bits per heavy atom. The van der Waals surface area contributed by atoms with Crippen molar-refractivity contribution in [3.05, 3.63) is 0 Å². The van der Waals surface area contributed by atoms with E-state index in [-0.39, 0.29) is 58.9 Å². The molecule has 0 unspecified atom stereocenters. The van der Waals surface area contributed by atoms with Crippen LogP contribution in [0.5, 0.6) is 0 Å². The second-order valence-electron chi connectivity index (χ2n) is 13.4. The van der Waals surface area contributed by atoms with Gasteiger partial charge in [-0.15, -0.1) is 0 Å². The van der Waals surface area contributed by atoms with Crippen LogP contribution >= 0.6 is 0 Å². The molecular weight excluding hydrogens is 586 g/mol. The minimum atomic E-state index is -0.654. The topological polar surface area (TPSA) is 0 Å². The molecule has 27 heavy (non-hydrogen) atoms. The van der Waals surface area contributed by atoms with Gasteiger partial charge in [-0.25, -0.2) is 0 Å². The molecule has 5 heteroatoms. The summed E-state index contributed by atoms with van der Waals surface area (Å²) in [5.41, 5.74) is 0. The molecule has 0 fully saturated rings. The van der Waals surface area contributed by atoms with Crippen molar-refractivity contribution in [1.29, 1.82) is 0 Å². The maximum absolute atomic E-state index is 2.57. The van der Waals surface area contributed by atoms with Crippen molar-refractivity contribution in [1.82, 2.24) is 0 Å². The summed E-state index contributed by atoms with van der Waals surface area (Å²) in [7, 11) is -0.507. The van der Waals surface area contributed by atoms with Crippen LogP contribution in [-0.2, 0) is 0 Å². The van der Waals surface area contributed by atoms with E-state index in [1.165, 1.54) is 0 Å². The van der Waals surface area contributed by atoms with Crippen LogP contribution in [0, 0.1) is 0 Å². The minimum absolute atomic E-state index is 0.0738. The van der Waals surface area contributed by atoms with Crippen molar-refractivity contribution in [2.75, 3.05) is 0 Å². The first-order valence-corrected chi connectivity index (χ1v) is 27.2. The summed E-state index contributed by atoms with van der Waals surface area (Å²) in [4.78, 5) is 0. The molecule has 0 spiro atoms. The van der Waals surface area contributed by atoms with Crippen LogP contribution in [0.15, 0.2) is 0 Å². The van der Waals surface area contributed by atoms with Gasteiger partial charge >= 0.3 is 139 Å². The molecule has 0 heterocycles. The summed E-state index contributed by atoms with van der Waals surface area (Å²) in [5, 5.41) is 0. The van der Waals surface area contributed by atoms with Crippen LogP contribution in [-0.4, -0.2) is 66.0 Å². The maximum Gasteiger partial charge on any atom is 0.0307 e. The predicted molar refractivity (Wildman–Crippen MR) is 146 cm³/mol. The third kappa shape index (κ3) is 28.2. The number of hydrogen-bond donors (Lipinski definition) is 0. The standard InChI is InChI=1S/C6H18Si3.4C4H9.2Sn.2H/c1-7(2)9(5,6)8(3)4;4*1-4(2)3;;;;/h1-6H3;4*1-3H3;;;;. The molecule has 0 saturated carbocycles. The molecule has 0 bridgehead atoms. The molecular formula is C22H56Si3Sn2. The monoisotopic (exact) mass is 644 g/mol. The zero-order chi connectivity index (χ0) is 23.1. The largest absolute Gasteiger partial charge is 0.0735 e. The van der Waals surface area contributed by atoms with Gasteiger partial charge in [0, 0.05) is 23.7 Å². The zero-order valence-electron chi connectivity index (χ0n) is 22.7. The van der Waals surface area contributed by atoms with E-state index in [4.69, 9.17) is 0 Å². The fourth-order valence-corrected chi connectivity index (χ4v) is 30.9. The molecule has 0 aliphatic rings. The van der Waals surface area contributed by atoms with E-state index in [1.54, 1.807) is 0 Å². The van der Waals surface area contributed by atoms with E-state index in [2.05, 4.69) is 122 Å². The SMILES string of the molecule is C[C](C)(C)[SnH][C](C)(C)C.C[C](C)(C)[SnH][C](C)(C)C.C[Si](C)[Si](C)(C)[Si](C)C. The van der Waals surface area contributed by atoms with Gasteiger partial charge < -0.3 is 0 Å². The first-order chi connectivity index (χ1) is 11.3. The van der Waals surface area contributed by atoms with Crippen molar-refractivity contribution in [3.63, 3.8) is 0 Å². The summed E-state index contributed by atoms with van der Waals surface area (Å²) < 4.78 is 2.70. The third-order valence-corrected chi connectivity index (χ3v) is 43.1. The molecule has 0 nitrogen and oxygen atoms in total. The van der Waals surface area contributed by atoms with Crippen molar-refractivity contribution in [2.24, 2.45) is 0 Å². The Balaban J connectivity index is -0.000000320. The Morgan fingerprint density at radius 3 is 0.593 bits per heavy atom. The number of hydrogen-bond acceptors (Lipinski definition) is 0. The van der Waals surface area contributed by atoms with Gasteiger partial charge in [0.15, 0.2) is 0 Å². The van der Waals surface area contributed by atoms with E-state index in [0.717, 1.165) is 0 Å². The molecule has 0 atom stereocenters. The van der Waals surface area contributed by atoms with Crippen LogP contribution in [0.4, 0.5) is 0 Å². The van der Waals surface area contributed by atoms with Gasteiger partial charge in [-0.1, -0.05) is 39.3 Å². The van der Waals surface area contributed by atoms with Gasteiger partial charge in [0.05, 0.1) is 0 Å². The first-order valence-electron chi connectivity index (χ1n) is 10.7. The maximum atomic E-state index is 2.57. The average molecular weight is 642 g/mol. The summed E-state index contributed by atoms with van der Waals surface area (Å²) >= 11 is -0.710. The van der Waals surface area contributed by atoms with Gasteiger partial charge in [-0.3, -0.25) is 0 Å². The van der Waals surface area contributed by atoms with Gasteiger partial charge in [0.2, 0.25) is 0 Å². The molecule has 0 aromatic heterocycles. The number of rotatable bonds is 2. The quantitative estimate of drug-likeness (QED) is 0.268. The smallest absolute Gasteiger partial charge is 0.0307 e. The molecule has 0 aliphatic carbocycles. The van der Waals surface area contributed by atoms with Crippen LogP contribution in [0.1, 0.15) is 83.1 Å². The van der Waals surface area contributed by atoms with E-state index >= 15 is 0 Å². The van der Waals surface area contributed by atoms with E-state index < -0.39 is 7.11 Å². The molecule has 0 aromatic rings. The second kappa shape index (κ2) is 12.9. The summed E-state index contributed by atoms with van der Waals surface area (Å²) in [6.45, 7) is 43.5. The molecule has 164 valence electrons. The summed E-state index contributed by atoms with van der Waals surface area (Å²) in [6.07, 6.45) is 0. The summed E-state index contributed by atoms with van der Waals surface area (Å²) in [5.74, 6) is 0. The molecule has 0 aromatic carbocycles. The van der Waals surface area contributed by atoms with E-state index in [9.17, 15) is 0 Å². The normalized spacial score (nSPS) is 13.8. The van der Waals surface area contributed by atoms with Crippen molar-refractivity contribution in [2.45, 2.75) is 136 Å². The average Bonchev–Trinajstić information content (AvgIpc) is 2.18. The van der Waals surface area contributed by atoms with Crippen LogP contribution in [0.3, 0.4) is 0 Å². The van der Waals surface area contributed by atoms with Crippen molar-refractivity contribution in [3.8, 4) is 0 Å². The Morgan fingerprint density at radius 2 is 0.593 bits per heavy atom. The van der Waals surface area contributed by atoms with Crippen LogP contribution < -0.4 is 0 Å². The molecule has 0 saturated heterocycles. The van der Waals surface area contributed by atoms with Gasteiger partial charge in [-0.2, -0.15) is 0 Å². The molecule has 0 N–H and O–H groups in total. The van der Waals surface area contributed by atoms with Gasteiger partial charge in [-0.05, 0) is 0 Å². The molecule has 0 rings (SSSR count). The van der Waals surface area contributed by atoms with Crippen LogP contribution in [0.2, 0.25) is 53.0 Å². The predicted octanol–water partition coefficient (Wildman–Crippen LogP) is 8.08.